The van der Waals surface area contributed by atoms with Crippen molar-refractivity contribution in [2.45, 2.75) is 51.2 Å². The van der Waals surface area contributed by atoms with Crippen LogP contribution in [-0.4, -0.2) is 35.5 Å². The first-order valence-electron chi connectivity index (χ1n) is 11.4. The second-order valence-electron chi connectivity index (χ2n) is 8.25. The number of aromatic nitrogens is 1. The number of H-pyrrole nitrogens is 1. The Bertz CT molecular complexity index is 1090. The number of rotatable bonds is 9. The number of hydrogen-bond donors (Lipinski definition) is 3. The maximum Gasteiger partial charge on any atom is 0.277 e. The second kappa shape index (κ2) is 10.9. The predicted octanol–water partition coefficient (Wildman–Crippen LogP) is 5.01. The first-order valence-corrected chi connectivity index (χ1v) is 11.4. The molecule has 2 aromatic carbocycles. The number of benzene rings is 2. The number of hydroxylamine groups is 1. The summed E-state index contributed by atoms with van der Waals surface area (Å²) in [5, 5.41) is 8.87. The van der Waals surface area contributed by atoms with Gasteiger partial charge in [-0.2, -0.15) is 0 Å². The van der Waals surface area contributed by atoms with Gasteiger partial charge in [-0.3, -0.25) is 4.79 Å². The minimum absolute atomic E-state index is 0.00476. The van der Waals surface area contributed by atoms with E-state index >= 15 is 4.39 Å². The average molecular weight is 459 g/mol. The molecule has 4 rings (SSSR count). The van der Waals surface area contributed by atoms with Crippen LogP contribution in [0.3, 0.4) is 0 Å². The monoisotopic (exact) mass is 458 g/mol. The van der Waals surface area contributed by atoms with E-state index in [0.717, 1.165) is 44.1 Å². The van der Waals surface area contributed by atoms with Crippen molar-refractivity contribution in [2.75, 3.05) is 13.2 Å². The maximum absolute atomic E-state index is 15.5. The van der Waals surface area contributed by atoms with Gasteiger partial charge in [0.05, 0.1) is 16.6 Å². The van der Waals surface area contributed by atoms with E-state index in [-0.39, 0.29) is 28.6 Å². The molecule has 1 aliphatic rings. The Kier molecular flexibility index (Phi) is 7.69. The molecular formula is C25H28F2N2O4. The van der Waals surface area contributed by atoms with Crippen LogP contribution in [0.2, 0.25) is 0 Å². The fourth-order valence-electron chi connectivity index (χ4n) is 4.10. The summed E-state index contributed by atoms with van der Waals surface area (Å²) in [6, 6.07) is 8.26. The van der Waals surface area contributed by atoms with Crippen molar-refractivity contribution in [1.29, 1.82) is 0 Å². The van der Waals surface area contributed by atoms with E-state index in [1.54, 1.807) is 12.1 Å². The standard InChI is InChI=1S/C25H28F2N2O4/c26-19-14-20-23(18(15-28-20)25(31)29-33-21-7-3-5-13-32-21)24(27)22(19)17-10-8-16(9-11-17)6-2-1-4-12-30/h8-11,14-15,21,28,30H,1-7,12-13H2,(H,29,31). The predicted molar refractivity (Wildman–Crippen MR) is 120 cm³/mol. The highest BCUT2D eigenvalue weighted by Crippen LogP contribution is 2.33. The van der Waals surface area contributed by atoms with Crippen molar-refractivity contribution >= 4 is 16.8 Å². The van der Waals surface area contributed by atoms with Crippen LogP contribution in [0.1, 0.15) is 54.4 Å². The Morgan fingerprint density at radius 3 is 2.73 bits per heavy atom. The molecule has 0 aliphatic carbocycles. The number of aliphatic hydroxyl groups excluding tert-OH is 1. The van der Waals surface area contributed by atoms with E-state index in [9.17, 15) is 9.18 Å². The van der Waals surface area contributed by atoms with Gasteiger partial charge >= 0.3 is 0 Å². The average Bonchev–Trinajstić information content (AvgIpc) is 3.26. The summed E-state index contributed by atoms with van der Waals surface area (Å²) in [6.45, 7) is 0.742. The highest BCUT2D eigenvalue weighted by atomic mass is 19.1. The van der Waals surface area contributed by atoms with Crippen LogP contribution >= 0.6 is 0 Å². The minimum Gasteiger partial charge on any atom is -0.396 e. The van der Waals surface area contributed by atoms with Gasteiger partial charge in [0.25, 0.3) is 5.91 Å². The number of amides is 1. The van der Waals surface area contributed by atoms with E-state index in [1.165, 1.54) is 12.3 Å². The molecule has 0 saturated carbocycles. The van der Waals surface area contributed by atoms with Gasteiger partial charge in [0.1, 0.15) is 11.6 Å². The number of carbonyl (C=O) groups is 1. The minimum atomic E-state index is -0.805. The largest absolute Gasteiger partial charge is 0.396 e. The Morgan fingerprint density at radius 2 is 2.00 bits per heavy atom. The first-order chi connectivity index (χ1) is 16.1. The molecule has 1 aliphatic heterocycles. The molecule has 2 heterocycles. The Hall–Kier alpha value is -2.81. The zero-order chi connectivity index (χ0) is 23.2. The van der Waals surface area contributed by atoms with E-state index in [0.29, 0.717) is 18.6 Å². The molecule has 1 saturated heterocycles. The summed E-state index contributed by atoms with van der Waals surface area (Å²) < 4.78 is 35.8. The molecule has 176 valence electrons. The molecule has 1 amide bonds. The van der Waals surface area contributed by atoms with Crippen LogP contribution in [0.25, 0.3) is 22.0 Å². The summed E-state index contributed by atoms with van der Waals surface area (Å²) in [4.78, 5) is 20.7. The van der Waals surface area contributed by atoms with Gasteiger partial charge in [-0.25, -0.2) is 19.1 Å². The maximum atomic E-state index is 15.5. The van der Waals surface area contributed by atoms with E-state index < -0.39 is 23.8 Å². The molecule has 0 radical (unpaired) electrons. The lowest BCUT2D eigenvalue weighted by molar-refractivity contribution is -0.186. The number of hydrogen-bond acceptors (Lipinski definition) is 4. The first kappa shape index (κ1) is 23.4. The summed E-state index contributed by atoms with van der Waals surface area (Å²) >= 11 is 0. The van der Waals surface area contributed by atoms with Crippen LogP contribution in [0.4, 0.5) is 8.78 Å². The van der Waals surface area contributed by atoms with Crippen LogP contribution < -0.4 is 5.48 Å². The molecule has 0 spiro atoms. The lowest BCUT2D eigenvalue weighted by atomic mass is 9.98. The number of aryl methyl sites for hydroxylation is 1. The number of halogens is 2. The smallest absolute Gasteiger partial charge is 0.277 e. The zero-order valence-electron chi connectivity index (χ0n) is 18.3. The van der Waals surface area contributed by atoms with Crippen LogP contribution in [0.5, 0.6) is 0 Å². The molecule has 6 nitrogen and oxygen atoms in total. The topological polar surface area (TPSA) is 83.6 Å². The highest BCUT2D eigenvalue weighted by molar-refractivity contribution is 6.07. The van der Waals surface area contributed by atoms with E-state index in [2.05, 4.69) is 10.5 Å². The Balaban J connectivity index is 1.55. The molecule has 1 aromatic heterocycles. The summed E-state index contributed by atoms with van der Waals surface area (Å²) in [5.74, 6) is -2.15. The van der Waals surface area contributed by atoms with Crippen molar-refractivity contribution in [1.82, 2.24) is 10.5 Å². The van der Waals surface area contributed by atoms with Crippen molar-refractivity contribution < 1.29 is 28.3 Å². The van der Waals surface area contributed by atoms with Crippen molar-refractivity contribution in [2.24, 2.45) is 0 Å². The Labute approximate surface area is 190 Å². The van der Waals surface area contributed by atoms with Crippen LogP contribution in [0, 0.1) is 11.6 Å². The van der Waals surface area contributed by atoms with Gasteiger partial charge in [-0.1, -0.05) is 30.7 Å². The number of carbonyl (C=O) groups excluding carboxylic acids is 1. The normalized spacial score (nSPS) is 16.3. The summed E-state index contributed by atoms with van der Waals surface area (Å²) in [6.07, 6.45) is 6.80. The Morgan fingerprint density at radius 1 is 1.18 bits per heavy atom. The van der Waals surface area contributed by atoms with Crippen molar-refractivity contribution in [3.05, 3.63) is 59.3 Å². The number of ether oxygens (including phenoxy) is 1. The molecule has 1 fully saturated rings. The molecular weight excluding hydrogens is 430 g/mol. The van der Waals surface area contributed by atoms with Gasteiger partial charge in [0.2, 0.25) is 0 Å². The summed E-state index contributed by atoms with van der Waals surface area (Å²) in [7, 11) is 0. The van der Waals surface area contributed by atoms with Gasteiger partial charge in [-0.05, 0) is 49.3 Å². The third-order valence-electron chi connectivity index (χ3n) is 5.89. The molecule has 33 heavy (non-hydrogen) atoms. The highest BCUT2D eigenvalue weighted by Gasteiger charge is 2.23. The molecule has 8 heteroatoms. The SMILES string of the molecule is O=C(NOC1CCCCO1)c1c[nH]c2cc(F)c(-c3ccc(CCCCCO)cc3)c(F)c12. The number of nitrogens with one attached hydrogen (secondary N) is 2. The molecule has 0 bridgehead atoms. The lowest BCUT2D eigenvalue weighted by Crippen LogP contribution is -2.33. The second-order valence-corrected chi connectivity index (χ2v) is 8.25. The molecule has 3 N–H and O–H groups in total. The zero-order valence-corrected chi connectivity index (χ0v) is 18.3. The number of aromatic amines is 1. The van der Waals surface area contributed by atoms with Crippen molar-refractivity contribution in [3.63, 3.8) is 0 Å². The number of aliphatic hydroxyl groups is 1. The van der Waals surface area contributed by atoms with Crippen LogP contribution in [-0.2, 0) is 16.0 Å². The van der Waals surface area contributed by atoms with E-state index in [4.69, 9.17) is 14.7 Å². The fourth-order valence-corrected chi connectivity index (χ4v) is 4.10. The quantitative estimate of drug-likeness (QED) is 0.311. The van der Waals surface area contributed by atoms with Gasteiger partial charge in [0.15, 0.2) is 6.29 Å². The fraction of sp³-hybridized carbons (Fsp3) is 0.400. The molecule has 3 aromatic rings. The molecule has 1 atom stereocenters. The number of unbranched alkanes of at least 4 members (excludes halogenated alkanes) is 2. The van der Waals surface area contributed by atoms with Crippen LogP contribution in [0.15, 0.2) is 36.5 Å². The third-order valence-corrected chi connectivity index (χ3v) is 5.89. The van der Waals surface area contributed by atoms with Gasteiger partial charge in [-0.15, -0.1) is 0 Å². The third kappa shape index (κ3) is 5.40. The van der Waals surface area contributed by atoms with Crippen molar-refractivity contribution in [3.8, 4) is 11.1 Å². The summed E-state index contributed by atoms with van der Waals surface area (Å²) in [5.41, 5.74) is 3.81. The number of fused-ring (bicyclic) bond motifs is 1. The van der Waals surface area contributed by atoms with Gasteiger partial charge in [0, 0.05) is 31.2 Å². The van der Waals surface area contributed by atoms with E-state index in [1.807, 2.05) is 12.1 Å². The molecule has 1 unspecified atom stereocenters. The van der Waals surface area contributed by atoms with Gasteiger partial charge < -0.3 is 14.8 Å². The lowest BCUT2D eigenvalue weighted by Gasteiger charge is -2.22.